The van der Waals surface area contributed by atoms with Crippen LogP contribution in [0.25, 0.3) is 11.3 Å². The number of nitrogens with zero attached hydrogens (tertiary/aromatic N) is 4. The van der Waals surface area contributed by atoms with Crippen molar-refractivity contribution in [2.75, 3.05) is 38.2 Å². The van der Waals surface area contributed by atoms with Gasteiger partial charge in [-0.2, -0.15) is 0 Å². The molecule has 0 bridgehead atoms. The predicted molar refractivity (Wildman–Crippen MR) is 113 cm³/mol. The number of benzene rings is 2. The molecule has 0 spiro atoms. The second kappa shape index (κ2) is 8.31. The Balaban J connectivity index is 1.42. The summed E-state index contributed by atoms with van der Waals surface area (Å²) in [7, 11) is 1.65. The molecule has 1 aliphatic heterocycles. The molecule has 0 aliphatic carbocycles. The third-order valence-corrected chi connectivity index (χ3v) is 5.19. The number of para-hydroxylation sites is 1. The molecule has 1 saturated heterocycles. The van der Waals surface area contributed by atoms with E-state index in [-0.39, 0.29) is 5.91 Å². The maximum Gasteiger partial charge on any atom is 0.253 e. The lowest BCUT2D eigenvalue weighted by Gasteiger charge is -2.35. The van der Waals surface area contributed by atoms with E-state index in [9.17, 15) is 4.79 Å². The van der Waals surface area contributed by atoms with Crippen LogP contribution in [0.15, 0.2) is 60.7 Å². The summed E-state index contributed by atoms with van der Waals surface area (Å²) < 4.78 is 5.41. The van der Waals surface area contributed by atoms with E-state index < -0.39 is 0 Å². The summed E-state index contributed by atoms with van der Waals surface area (Å²) in [6.07, 6.45) is 0. The summed E-state index contributed by atoms with van der Waals surface area (Å²) in [4.78, 5) is 16.8. The van der Waals surface area contributed by atoms with E-state index >= 15 is 0 Å². The van der Waals surface area contributed by atoms with Crippen molar-refractivity contribution >= 4 is 11.7 Å². The van der Waals surface area contributed by atoms with Crippen LogP contribution in [0, 0.1) is 6.92 Å². The van der Waals surface area contributed by atoms with Gasteiger partial charge in [0.15, 0.2) is 5.82 Å². The molecule has 1 amide bonds. The molecule has 3 aromatic rings. The molecule has 148 valence electrons. The van der Waals surface area contributed by atoms with Crippen LogP contribution in [-0.2, 0) is 0 Å². The zero-order valence-corrected chi connectivity index (χ0v) is 16.7. The fourth-order valence-electron chi connectivity index (χ4n) is 3.59. The van der Waals surface area contributed by atoms with E-state index in [0.29, 0.717) is 13.1 Å². The first kappa shape index (κ1) is 18.9. The normalized spacial score (nSPS) is 14.0. The number of aryl methyl sites for hydroxylation is 1. The number of hydrogen-bond acceptors (Lipinski definition) is 5. The van der Waals surface area contributed by atoms with Crippen LogP contribution in [-0.4, -0.2) is 54.3 Å². The quantitative estimate of drug-likeness (QED) is 0.685. The van der Waals surface area contributed by atoms with E-state index in [2.05, 4.69) is 15.1 Å². The monoisotopic (exact) mass is 388 g/mol. The first-order valence-electron chi connectivity index (χ1n) is 9.74. The second-order valence-electron chi connectivity index (χ2n) is 7.13. The maximum absolute atomic E-state index is 12.7. The number of anilines is 1. The number of carbonyl (C=O) groups is 1. The van der Waals surface area contributed by atoms with Crippen molar-refractivity contribution in [2.45, 2.75) is 6.92 Å². The molecule has 1 fully saturated rings. The third kappa shape index (κ3) is 4.06. The molecule has 2 heterocycles. The lowest BCUT2D eigenvalue weighted by molar-refractivity contribution is 0.0746. The number of methoxy groups -OCH3 is 1. The van der Waals surface area contributed by atoms with Crippen molar-refractivity contribution in [1.29, 1.82) is 0 Å². The van der Waals surface area contributed by atoms with Crippen LogP contribution in [0.1, 0.15) is 15.9 Å². The van der Waals surface area contributed by atoms with Crippen molar-refractivity contribution in [3.8, 4) is 17.0 Å². The molecule has 2 aromatic carbocycles. The smallest absolute Gasteiger partial charge is 0.253 e. The number of carbonyl (C=O) groups excluding carboxylic acids is 1. The molecule has 1 aromatic heterocycles. The van der Waals surface area contributed by atoms with Crippen LogP contribution >= 0.6 is 0 Å². The second-order valence-corrected chi connectivity index (χ2v) is 7.13. The highest BCUT2D eigenvalue weighted by atomic mass is 16.5. The SMILES string of the molecule is COc1ccccc1-c1ccc(N2CCN(C(=O)c3cccc(C)c3)CC2)nn1. The average Bonchev–Trinajstić information content (AvgIpc) is 2.79. The van der Waals surface area contributed by atoms with Gasteiger partial charge in [0.25, 0.3) is 5.91 Å². The molecule has 6 heteroatoms. The largest absolute Gasteiger partial charge is 0.496 e. The average molecular weight is 388 g/mol. The first-order valence-corrected chi connectivity index (χ1v) is 9.74. The molecule has 29 heavy (non-hydrogen) atoms. The van der Waals surface area contributed by atoms with Crippen LogP contribution < -0.4 is 9.64 Å². The summed E-state index contributed by atoms with van der Waals surface area (Å²) in [5, 5.41) is 8.80. The van der Waals surface area contributed by atoms with Crippen molar-refractivity contribution in [3.63, 3.8) is 0 Å². The minimum atomic E-state index is 0.0888. The molecule has 6 nitrogen and oxygen atoms in total. The van der Waals surface area contributed by atoms with Gasteiger partial charge in [-0.15, -0.1) is 10.2 Å². The van der Waals surface area contributed by atoms with Crippen LogP contribution in [0.4, 0.5) is 5.82 Å². The van der Waals surface area contributed by atoms with E-state index in [1.807, 2.05) is 72.5 Å². The highest BCUT2D eigenvalue weighted by Gasteiger charge is 2.23. The number of rotatable bonds is 4. The number of hydrogen-bond donors (Lipinski definition) is 0. The lowest BCUT2D eigenvalue weighted by Crippen LogP contribution is -2.49. The Morgan fingerprint density at radius 3 is 2.41 bits per heavy atom. The van der Waals surface area contributed by atoms with Crippen molar-refractivity contribution in [3.05, 3.63) is 71.8 Å². The minimum absolute atomic E-state index is 0.0888. The van der Waals surface area contributed by atoms with E-state index in [1.54, 1.807) is 7.11 Å². The summed E-state index contributed by atoms with van der Waals surface area (Å²) in [5.41, 5.74) is 3.54. The van der Waals surface area contributed by atoms with Crippen molar-refractivity contribution < 1.29 is 9.53 Å². The van der Waals surface area contributed by atoms with Gasteiger partial charge in [0.05, 0.1) is 12.8 Å². The number of piperazine rings is 1. The zero-order valence-electron chi connectivity index (χ0n) is 16.7. The predicted octanol–water partition coefficient (Wildman–Crippen LogP) is 3.42. The van der Waals surface area contributed by atoms with Crippen LogP contribution in [0.3, 0.4) is 0 Å². The molecule has 0 radical (unpaired) electrons. The van der Waals surface area contributed by atoms with Crippen molar-refractivity contribution in [1.82, 2.24) is 15.1 Å². The molecular formula is C23H24N4O2. The highest BCUT2D eigenvalue weighted by Crippen LogP contribution is 2.28. The highest BCUT2D eigenvalue weighted by molar-refractivity contribution is 5.94. The van der Waals surface area contributed by atoms with E-state index in [4.69, 9.17) is 4.74 Å². The summed E-state index contributed by atoms with van der Waals surface area (Å²) in [5.74, 6) is 1.69. The van der Waals surface area contributed by atoms with Gasteiger partial charge in [0.2, 0.25) is 0 Å². The van der Waals surface area contributed by atoms with E-state index in [0.717, 1.165) is 47.0 Å². The number of ether oxygens (including phenoxy) is 1. The topological polar surface area (TPSA) is 58.6 Å². The Hall–Kier alpha value is -3.41. The minimum Gasteiger partial charge on any atom is -0.496 e. The zero-order chi connectivity index (χ0) is 20.2. The van der Waals surface area contributed by atoms with Gasteiger partial charge in [-0.05, 0) is 43.3 Å². The van der Waals surface area contributed by atoms with Gasteiger partial charge in [0.1, 0.15) is 5.75 Å². The van der Waals surface area contributed by atoms with Gasteiger partial charge in [-0.1, -0.05) is 29.8 Å². The Bertz CT molecular complexity index is 996. The molecule has 0 unspecified atom stereocenters. The Kier molecular flexibility index (Phi) is 5.42. The molecule has 0 N–H and O–H groups in total. The van der Waals surface area contributed by atoms with Gasteiger partial charge < -0.3 is 14.5 Å². The van der Waals surface area contributed by atoms with Crippen molar-refractivity contribution in [2.24, 2.45) is 0 Å². The molecule has 4 rings (SSSR count). The Morgan fingerprint density at radius 2 is 1.72 bits per heavy atom. The maximum atomic E-state index is 12.7. The fraction of sp³-hybridized carbons (Fsp3) is 0.261. The summed E-state index contributed by atoms with van der Waals surface area (Å²) >= 11 is 0. The number of amides is 1. The van der Waals surface area contributed by atoms with Crippen LogP contribution in [0.5, 0.6) is 5.75 Å². The van der Waals surface area contributed by atoms with Gasteiger partial charge in [-0.3, -0.25) is 4.79 Å². The molecule has 0 saturated carbocycles. The number of aromatic nitrogens is 2. The fourth-order valence-corrected chi connectivity index (χ4v) is 3.59. The third-order valence-electron chi connectivity index (χ3n) is 5.19. The van der Waals surface area contributed by atoms with E-state index in [1.165, 1.54) is 0 Å². The van der Waals surface area contributed by atoms with Gasteiger partial charge in [0, 0.05) is 37.3 Å². The molecule has 1 aliphatic rings. The Morgan fingerprint density at radius 1 is 0.931 bits per heavy atom. The molecule has 0 atom stereocenters. The van der Waals surface area contributed by atoms with Gasteiger partial charge in [-0.25, -0.2) is 0 Å². The first-order chi connectivity index (χ1) is 14.2. The summed E-state index contributed by atoms with van der Waals surface area (Å²) in [6, 6.07) is 19.5. The Labute approximate surface area is 170 Å². The summed E-state index contributed by atoms with van der Waals surface area (Å²) in [6.45, 7) is 4.81. The van der Waals surface area contributed by atoms with Crippen LogP contribution in [0.2, 0.25) is 0 Å². The standard InChI is InChI=1S/C23H24N4O2/c1-17-6-5-7-18(16-17)23(28)27-14-12-26(13-15-27)22-11-10-20(24-25-22)19-8-3-4-9-21(19)29-2/h3-11,16H,12-15H2,1-2H3. The van der Waals surface area contributed by atoms with Gasteiger partial charge >= 0.3 is 0 Å². The molecular weight excluding hydrogens is 364 g/mol. The lowest BCUT2D eigenvalue weighted by atomic mass is 10.1.